The molecule has 2 aliphatic carbocycles. The molecule has 0 aromatic heterocycles. The van der Waals surface area contributed by atoms with E-state index in [1.54, 1.807) is 0 Å². The van der Waals surface area contributed by atoms with Gasteiger partial charge in [0.2, 0.25) is 0 Å². The highest BCUT2D eigenvalue weighted by molar-refractivity contribution is 4.96. The minimum Gasteiger partial charge on any atom is -0.0591 e. The molecule has 0 amide bonds. The Bertz CT molecular complexity index is 168. The van der Waals surface area contributed by atoms with Gasteiger partial charge >= 0.3 is 0 Å². The Morgan fingerprint density at radius 3 is 1.23 bits per heavy atom. The summed E-state index contributed by atoms with van der Waals surface area (Å²) in [6, 6.07) is 0. The first kappa shape index (κ1) is 9.55. The molecule has 0 heteroatoms. The second-order valence-corrected chi connectivity index (χ2v) is 5.89. The molecule has 0 bridgehead atoms. The van der Waals surface area contributed by atoms with E-state index in [1.165, 1.54) is 57.8 Å². The average Bonchev–Trinajstić information content (AvgIpc) is 2.55. The summed E-state index contributed by atoms with van der Waals surface area (Å²) in [6.07, 6.45) is 13.5. The molecule has 0 saturated heterocycles. The van der Waals surface area contributed by atoms with Crippen LogP contribution in [0.5, 0.6) is 0 Å². The van der Waals surface area contributed by atoms with Gasteiger partial charge in [-0.25, -0.2) is 0 Å². The van der Waals surface area contributed by atoms with Crippen molar-refractivity contribution in [1.82, 2.24) is 0 Å². The van der Waals surface area contributed by atoms with E-state index in [4.69, 9.17) is 0 Å². The van der Waals surface area contributed by atoms with Crippen LogP contribution in [0, 0.1) is 10.8 Å². The summed E-state index contributed by atoms with van der Waals surface area (Å²) < 4.78 is 0. The van der Waals surface area contributed by atoms with Crippen molar-refractivity contribution in [3.8, 4) is 0 Å². The van der Waals surface area contributed by atoms with Gasteiger partial charge in [0, 0.05) is 0 Å². The van der Waals surface area contributed by atoms with Gasteiger partial charge in [-0.05, 0) is 36.5 Å². The van der Waals surface area contributed by atoms with E-state index in [1.807, 2.05) is 0 Å². The Labute approximate surface area is 83.1 Å². The lowest BCUT2D eigenvalue weighted by Crippen LogP contribution is -2.37. The molecule has 0 aromatic carbocycles. The lowest BCUT2D eigenvalue weighted by molar-refractivity contribution is 0.0336. The first-order valence-electron chi connectivity index (χ1n) is 6.16. The first-order valence-corrected chi connectivity index (χ1v) is 6.16. The Morgan fingerprint density at radius 1 is 0.538 bits per heavy atom. The van der Waals surface area contributed by atoms with Crippen LogP contribution in [0.1, 0.15) is 71.6 Å². The Balaban J connectivity index is 2.11. The van der Waals surface area contributed by atoms with E-state index < -0.39 is 0 Å². The molecular formula is C13H24. The normalized spacial score (nSPS) is 31.8. The maximum atomic E-state index is 2.57. The van der Waals surface area contributed by atoms with Crippen molar-refractivity contribution in [3.63, 3.8) is 0 Å². The van der Waals surface area contributed by atoms with Crippen molar-refractivity contribution in [1.29, 1.82) is 0 Å². The zero-order chi connectivity index (χ0) is 9.36. The molecule has 0 unspecified atom stereocenters. The Hall–Kier alpha value is 0. The van der Waals surface area contributed by atoms with Crippen molar-refractivity contribution >= 4 is 0 Å². The van der Waals surface area contributed by atoms with E-state index in [-0.39, 0.29) is 0 Å². The highest BCUT2D eigenvalue weighted by Gasteiger charge is 2.45. The lowest BCUT2D eigenvalue weighted by atomic mass is 9.58. The van der Waals surface area contributed by atoms with Crippen molar-refractivity contribution < 1.29 is 0 Å². The number of rotatable bonds is 1. The van der Waals surface area contributed by atoms with E-state index in [0.29, 0.717) is 10.8 Å². The van der Waals surface area contributed by atoms with E-state index in [9.17, 15) is 0 Å². The van der Waals surface area contributed by atoms with Crippen LogP contribution in [0.4, 0.5) is 0 Å². The van der Waals surface area contributed by atoms with Crippen molar-refractivity contribution in [3.05, 3.63) is 0 Å². The summed E-state index contributed by atoms with van der Waals surface area (Å²) in [5.74, 6) is 0. The van der Waals surface area contributed by atoms with Crippen LogP contribution in [0.2, 0.25) is 0 Å². The summed E-state index contributed by atoms with van der Waals surface area (Å²) in [5.41, 5.74) is 1.40. The maximum Gasteiger partial charge on any atom is -0.0272 e. The molecule has 2 aliphatic rings. The van der Waals surface area contributed by atoms with Crippen LogP contribution in [0.3, 0.4) is 0 Å². The molecule has 0 aromatic rings. The lowest BCUT2D eigenvalue weighted by Gasteiger charge is -2.47. The zero-order valence-corrected chi connectivity index (χ0v) is 9.36. The summed E-state index contributed by atoms with van der Waals surface area (Å²) in [5, 5.41) is 0. The van der Waals surface area contributed by atoms with Crippen LogP contribution >= 0.6 is 0 Å². The highest BCUT2D eigenvalue weighted by atomic mass is 14.5. The van der Waals surface area contributed by atoms with Crippen molar-refractivity contribution in [2.45, 2.75) is 71.6 Å². The van der Waals surface area contributed by atoms with Crippen LogP contribution < -0.4 is 0 Å². The van der Waals surface area contributed by atoms with Crippen LogP contribution in [0.25, 0.3) is 0 Å². The fourth-order valence-electron chi connectivity index (χ4n) is 3.69. The van der Waals surface area contributed by atoms with E-state index in [2.05, 4.69) is 13.8 Å². The molecule has 0 radical (unpaired) electrons. The van der Waals surface area contributed by atoms with Gasteiger partial charge in [0.15, 0.2) is 0 Å². The van der Waals surface area contributed by atoms with Crippen LogP contribution in [-0.4, -0.2) is 0 Å². The van der Waals surface area contributed by atoms with Gasteiger partial charge in [-0.1, -0.05) is 46.0 Å². The van der Waals surface area contributed by atoms with Crippen LogP contribution in [0.15, 0.2) is 0 Å². The van der Waals surface area contributed by atoms with Gasteiger partial charge in [0.1, 0.15) is 0 Å². The monoisotopic (exact) mass is 180 g/mol. The third-order valence-electron chi connectivity index (χ3n) is 5.12. The molecule has 2 fully saturated rings. The summed E-state index contributed by atoms with van der Waals surface area (Å²) in [4.78, 5) is 0. The highest BCUT2D eigenvalue weighted by Crippen LogP contribution is 2.57. The third-order valence-corrected chi connectivity index (χ3v) is 5.12. The molecule has 13 heavy (non-hydrogen) atoms. The molecule has 2 saturated carbocycles. The van der Waals surface area contributed by atoms with Gasteiger partial charge in [-0.3, -0.25) is 0 Å². The van der Waals surface area contributed by atoms with Gasteiger partial charge in [0.05, 0.1) is 0 Å². The summed E-state index contributed by atoms with van der Waals surface area (Å²) in [6.45, 7) is 5.13. The minimum absolute atomic E-state index is 0.696. The van der Waals surface area contributed by atoms with Gasteiger partial charge in [-0.15, -0.1) is 0 Å². The second-order valence-electron chi connectivity index (χ2n) is 5.89. The third kappa shape index (κ3) is 1.53. The molecule has 76 valence electrons. The predicted octanol–water partition coefficient (Wildman–Crippen LogP) is 4.54. The molecule has 0 nitrogen and oxygen atoms in total. The number of hydrogen-bond donors (Lipinski definition) is 0. The molecule has 0 N–H and O–H groups in total. The number of hydrogen-bond acceptors (Lipinski definition) is 0. The summed E-state index contributed by atoms with van der Waals surface area (Å²) >= 11 is 0. The molecule has 2 rings (SSSR count). The Kier molecular flexibility index (Phi) is 2.42. The molecule has 0 aliphatic heterocycles. The van der Waals surface area contributed by atoms with Crippen LogP contribution in [-0.2, 0) is 0 Å². The van der Waals surface area contributed by atoms with Crippen molar-refractivity contribution in [2.75, 3.05) is 0 Å². The van der Waals surface area contributed by atoms with Crippen molar-refractivity contribution in [2.24, 2.45) is 10.8 Å². The molecule has 0 spiro atoms. The molecular weight excluding hydrogens is 156 g/mol. The quantitative estimate of drug-likeness (QED) is 0.556. The maximum absolute atomic E-state index is 2.57. The molecule has 0 atom stereocenters. The Morgan fingerprint density at radius 2 is 0.846 bits per heavy atom. The smallest absolute Gasteiger partial charge is 0.0272 e. The minimum atomic E-state index is 0.696. The second kappa shape index (κ2) is 3.29. The topological polar surface area (TPSA) is 0 Å². The average molecular weight is 180 g/mol. The molecule has 0 heterocycles. The SMILES string of the molecule is CC1(C2(C)CCCC2)CCCCC1. The van der Waals surface area contributed by atoms with Gasteiger partial charge in [-0.2, -0.15) is 0 Å². The zero-order valence-electron chi connectivity index (χ0n) is 9.36. The van der Waals surface area contributed by atoms with E-state index >= 15 is 0 Å². The van der Waals surface area contributed by atoms with Gasteiger partial charge < -0.3 is 0 Å². The first-order chi connectivity index (χ1) is 6.16. The summed E-state index contributed by atoms with van der Waals surface area (Å²) in [7, 11) is 0. The van der Waals surface area contributed by atoms with E-state index in [0.717, 1.165) is 0 Å². The standard InChI is InChI=1S/C13H24/c1-12(8-4-3-5-9-12)13(2)10-6-7-11-13/h3-11H2,1-2H3. The fraction of sp³-hybridized carbons (Fsp3) is 1.00. The van der Waals surface area contributed by atoms with Gasteiger partial charge in [0.25, 0.3) is 0 Å². The fourth-order valence-corrected chi connectivity index (χ4v) is 3.69. The largest absolute Gasteiger partial charge is 0.0591 e. The predicted molar refractivity (Wildman–Crippen MR) is 57.8 cm³/mol.